The summed E-state index contributed by atoms with van der Waals surface area (Å²) in [6.07, 6.45) is 4.01. The highest BCUT2D eigenvalue weighted by molar-refractivity contribution is 5.67. The molecular formula is C11H18O2. The van der Waals surface area contributed by atoms with Gasteiger partial charge in [0.2, 0.25) is 0 Å². The predicted molar refractivity (Wildman–Crippen MR) is 54.5 cm³/mol. The lowest BCUT2D eigenvalue weighted by molar-refractivity contribution is -0.138. The molecule has 0 radical (unpaired) electrons. The van der Waals surface area contributed by atoms with Crippen LogP contribution in [-0.4, -0.2) is 11.1 Å². The Morgan fingerprint density at radius 2 is 2.08 bits per heavy atom. The molecule has 13 heavy (non-hydrogen) atoms. The van der Waals surface area contributed by atoms with E-state index in [1.807, 2.05) is 32.9 Å². The van der Waals surface area contributed by atoms with Crippen molar-refractivity contribution in [1.82, 2.24) is 0 Å². The third-order valence-electron chi connectivity index (χ3n) is 1.89. The summed E-state index contributed by atoms with van der Waals surface area (Å²) in [6, 6.07) is 0. The molecule has 0 aromatic carbocycles. The Bertz CT molecular complexity index is 214. The van der Waals surface area contributed by atoms with Crippen LogP contribution in [0.4, 0.5) is 0 Å². The van der Waals surface area contributed by atoms with Crippen molar-refractivity contribution >= 4 is 5.97 Å². The molecule has 1 atom stereocenters. The Kier molecular flexibility index (Phi) is 5.12. The van der Waals surface area contributed by atoms with Crippen molar-refractivity contribution in [3.05, 3.63) is 24.3 Å². The topological polar surface area (TPSA) is 37.3 Å². The first kappa shape index (κ1) is 11.9. The van der Waals surface area contributed by atoms with E-state index in [-0.39, 0.29) is 12.3 Å². The van der Waals surface area contributed by atoms with E-state index in [2.05, 4.69) is 6.58 Å². The van der Waals surface area contributed by atoms with Crippen molar-refractivity contribution in [2.75, 3.05) is 0 Å². The van der Waals surface area contributed by atoms with Crippen molar-refractivity contribution < 1.29 is 9.90 Å². The van der Waals surface area contributed by atoms with E-state index in [0.29, 0.717) is 5.92 Å². The maximum absolute atomic E-state index is 10.5. The lowest BCUT2D eigenvalue weighted by Gasteiger charge is -2.13. The van der Waals surface area contributed by atoms with E-state index in [1.54, 1.807) is 0 Å². The van der Waals surface area contributed by atoms with E-state index in [0.717, 1.165) is 5.57 Å². The number of carboxylic acids is 1. The van der Waals surface area contributed by atoms with Crippen molar-refractivity contribution in [3.63, 3.8) is 0 Å². The molecule has 0 rings (SSSR count). The van der Waals surface area contributed by atoms with Crippen LogP contribution in [0.5, 0.6) is 0 Å². The molecule has 0 fully saturated rings. The molecule has 0 bridgehead atoms. The van der Waals surface area contributed by atoms with Crippen LogP contribution in [-0.2, 0) is 4.79 Å². The fraction of sp³-hybridized carbons (Fsp3) is 0.545. The van der Waals surface area contributed by atoms with E-state index in [4.69, 9.17) is 5.11 Å². The Balaban J connectivity index is 4.26. The highest BCUT2D eigenvalue weighted by Crippen LogP contribution is 2.17. The van der Waals surface area contributed by atoms with Gasteiger partial charge in [-0.3, -0.25) is 4.79 Å². The Morgan fingerprint density at radius 1 is 1.54 bits per heavy atom. The van der Waals surface area contributed by atoms with Gasteiger partial charge in [0, 0.05) is 0 Å². The van der Waals surface area contributed by atoms with Gasteiger partial charge in [0.1, 0.15) is 0 Å². The summed E-state index contributed by atoms with van der Waals surface area (Å²) in [7, 11) is 0. The molecular weight excluding hydrogens is 164 g/mol. The summed E-state index contributed by atoms with van der Waals surface area (Å²) in [5.41, 5.74) is 0.955. The molecule has 0 heterocycles. The van der Waals surface area contributed by atoms with Crippen LogP contribution in [0.2, 0.25) is 0 Å². The average molecular weight is 182 g/mol. The Morgan fingerprint density at radius 3 is 2.38 bits per heavy atom. The van der Waals surface area contributed by atoms with Crippen LogP contribution in [0.3, 0.4) is 0 Å². The van der Waals surface area contributed by atoms with Crippen molar-refractivity contribution in [2.24, 2.45) is 11.8 Å². The van der Waals surface area contributed by atoms with Gasteiger partial charge < -0.3 is 5.11 Å². The molecule has 0 aromatic rings. The normalized spacial score (nSPS) is 13.5. The summed E-state index contributed by atoms with van der Waals surface area (Å²) in [4.78, 5) is 10.5. The summed E-state index contributed by atoms with van der Waals surface area (Å²) < 4.78 is 0. The molecule has 0 saturated heterocycles. The SMILES string of the molecule is C=C(C)/C=C/[C@@H](CC(=O)O)C(C)C. The van der Waals surface area contributed by atoms with Gasteiger partial charge in [-0.25, -0.2) is 0 Å². The van der Waals surface area contributed by atoms with E-state index in [1.165, 1.54) is 0 Å². The Labute approximate surface area is 80.0 Å². The first-order valence-electron chi connectivity index (χ1n) is 4.49. The number of carbonyl (C=O) groups is 1. The number of aliphatic carboxylic acids is 1. The number of rotatable bonds is 5. The second-order valence-corrected chi connectivity index (χ2v) is 3.71. The van der Waals surface area contributed by atoms with Crippen LogP contribution >= 0.6 is 0 Å². The fourth-order valence-electron chi connectivity index (χ4n) is 1.02. The smallest absolute Gasteiger partial charge is 0.303 e. The highest BCUT2D eigenvalue weighted by Gasteiger charge is 2.13. The van der Waals surface area contributed by atoms with Crippen LogP contribution in [0.1, 0.15) is 27.2 Å². The fourth-order valence-corrected chi connectivity index (χ4v) is 1.02. The van der Waals surface area contributed by atoms with Crippen LogP contribution in [0.15, 0.2) is 24.3 Å². The van der Waals surface area contributed by atoms with Gasteiger partial charge in [-0.05, 0) is 18.8 Å². The van der Waals surface area contributed by atoms with Gasteiger partial charge >= 0.3 is 5.97 Å². The monoisotopic (exact) mass is 182 g/mol. The largest absolute Gasteiger partial charge is 0.481 e. The highest BCUT2D eigenvalue weighted by atomic mass is 16.4. The van der Waals surface area contributed by atoms with Gasteiger partial charge in [0.25, 0.3) is 0 Å². The summed E-state index contributed by atoms with van der Waals surface area (Å²) in [5, 5.41) is 8.64. The van der Waals surface area contributed by atoms with Crippen molar-refractivity contribution in [3.8, 4) is 0 Å². The van der Waals surface area contributed by atoms with Crippen molar-refractivity contribution in [1.29, 1.82) is 0 Å². The standard InChI is InChI=1S/C11H18O2/c1-8(2)5-6-10(9(3)4)7-11(12)13/h5-6,9-10H,1,7H2,2-4H3,(H,12,13)/b6-5+/t10-/m0/s1. The van der Waals surface area contributed by atoms with Gasteiger partial charge in [0.15, 0.2) is 0 Å². The molecule has 0 aliphatic rings. The molecule has 0 saturated carbocycles. The molecule has 2 heteroatoms. The maximum atomic E-state index is 10.5. The second kappa shape index (κ2) is 5.57. The predicted octanol–water partition coefficient (Wildman–Crippen LogP) is 2.87. The molecule has 0 aliphatic heterocycles. The van der Waals surface area contributed by atoms with Crippen LogP contribution in [0, 0.1) is 11.8 Å². The van der Waals surface area contributed by atoms with Crippen LogP contribution in [0.25, 0.3) is 0 Å². The number of carboxylic acid groups (broad SMARTS) is 1. The Hall–Kier alpha value is -1.05. The molecule has 0 aromatic heterocycles. The number of allylic oxidation sites excluding steroid dienone is 3. The minimum Gasteiger partial charge on any atom is -0.481 e. The quantitative estimate of drug-likeness (QED) is 0.664. The second-order valence-electron chi connectivity index (χ2n) is 3.71. The van der Waals surface area contributed by atoms with Crippen LogP contribution < -0.4 is 0 Å². The lowest BCUT2D eigenvalue weighted by Crippen LogP contribution is -2.11. The zero-order valence-corrected chi connectivity index (χ0v) is 8.58. The average Bonchev–Trinajstić information content (AvgIpc) is 1.96. The number of hydrogen-bond acceptors (Lipinski definition) is 1. The molecule has 74 valence electrons. The van der Waals surface area contributed by atoms with Crippen molar-refractivity contribution in [2.45, 2.75) is 27.2 Å². The number of hydrogen-bond donors (Lipinski definition) is 1. The summed E-state index contributed by atoms with van der Waals surface area (Å²) in [5.74, 6) is -0.286. The zero-order chi connectivity index (χ0) is 10.4. The molecule has 0 aliphatic carbocycles. The molecule has 1 N–H and O–H groups in total. The first-order chi connectivity index (χ1) is 5.93. The summed E-state index contributed by atoms with van der Waals surface area (Å²) >= 11 is 0. The first-order valence-corrected chi connectivity index (χ1v) is 4.49. The minimum atomic E-state index is -0.745. The molecule has 0 spiro atoms. The minimum absolute atomic E-state index is 0.106. The van der Waals surface area contributed by atoms with Gasteiger partial charge in [-0.2, -0.15) is 0 Å². The molecule has 0 amide bonds. The third kappa shape index (κ3) is 6.14. The van der Waals surface area contributed by atoms with Gasteiger partial charge in [-0.15, -0.1) is 0 Å². The lowest BCUT2D eigenvalue weighted by atomic mass is 9.92. The zero-order valence-electron chi connectivity index (χ0n) is 8.58. The maximum Gasteiger partial charge on any atom is 0.303 e. The van der Waals surface area contributed by atoms with E-state index >= 15 is 0 Å². The third-order valence-corrected chi connectivity index (χ3v) is 1.89. The molecule has 2 nitrogen and oxygen atoms in total. The van der Waals surface area contributed by atoms with Gasteiger partial charge in [0.05, 0.1) is 6.42 Å². The van der Waals surface area contributed by atoms with E-state index < -0.39 is 5.97 Å². The summed E-state index contributed by atoms with van der Waals surface area (Å²) in [6.45, 7) is 9.68. The van der Waals surface area contributed by atoms with E-state index in [9.17, 15) is 4.79 Å². The molecule has 0 unspecified atom stereocenters. The van der Waals surface area contributed by atoms with Gasteiger partial charge in [-0.1, -0.05) is 38.2 Å².